The third-order valence-electron chi connectivity index (χ3n) is 5.26. The summed E-state index contributed by atoms with van der Waals surface area (Å²) >= 11 is 1.56. The monoisotopic (exact) mass is 526 g/mol. The highest BCUT2D eigenvalue weighted by Gasteiger charge is 2.29. The second-order valence-electron chi connectivity index (χ2n) is 7.18. The average molecular weight is 526 g/mol. The third-order valence-corrected chi connectivity index (χ3v) is 7.88. The lowest BCUT2D eigenvalue weighted by atomic mass is 9.98. The molecule has 0 radical (unpaired) electrons. The van der Waals surface area contributed by atoms with E-state index < -0.39 is 7.82 Å². The molecule has 1 aliphatic heterocycles. The Morgan fingerprint density at radius 2 is 2.10 bits per heavy atom. The Hall–Kier alpha value is -1.38. The van der Waals surface area contributed by atoms with E-state index in [0.29, 0.717) is 11.7 Å². The predicted molar refractivity (Wildman–Crippen MR) is 122 cm³/mol. The van der Waals surface area contributed by atoms with Gasteiger partial charge < -0.3 is 9.51 Å². The van der Waals surface area contributed by atoms with Crippen molar-refractivity contribution in [3.8, 4) is 5.75 Å². The highest BCUT2D eigenvalue weighted by atomic mass is 127. The lowest BCUT2D eigenvalue weighted by Gasteiger charge is -2.17. The summed E-state index contributed by atoms with van der Waals surface area (Å²) in [6.45, 7) is 4.96. The molecule has 6 nitrogen and oxygen atoms in total. The van der Waals surface area contributed by atoms with Crippen molar-refractivity contribution in [2.24, 2.45) is 0 Å². The van der Waals surface area contributed by atoms with Gasteiger partial charge in [-0.3, -0.25) is 9.42 Å². The van der Waals surface area contributed by atoms with Gasteiger partial charge in [0.1, 0.15) is 28.8 Å². The van der Waals surface area contributed by atoms with E-state index in [1.165, 1.54) is 22.0 Å². The number of phosphoric acid groups is 1. The molecule has 1 aromatic heterocycles. The average Bonchev–Trinajstić information content (AvgIpc) is 3.36. The molecule has 1 saturated heterocycles. The van der Waals surface area contributed by atoms with Gasteiger partial charge in [-0.2, -0.15) is 0 Å². The number of likely N-dealkylation sites (tertiary alicyclic amines) is 1. The summed E-state index contributed by atoms with van der Waals surface area (Å²) < 4.78 is 28.1. The van der Waals surface area contributed by atoms with Crippen molar-refractivity contribution in [2.45, 2.75) is 25.8 Å². The van der Waals surface area contributed by atoms with Crippen molar-refractivity contribution in [1.82, 2.24) is 9.88 Å². The second-order valence-corrected chi connectivity index (χ2v) is 9.83. The van der Waals surface area contributed by atoms with Gasteiger partial charge in [0.15, 0.2) is 0 Å². The number of aromatic nitrogens is 1. The van der Waals surface area contributed by atoms with Crippen molar-refractivity contribution in [3.63, 3.8) is 0 Å². The summed E-state index contributed by atoms with van der Waals surface area (Å²) in [4.78, 5) is 5.83. The van der Waals surface area contributed by atoms with E-state index in [4.69, 9.17) is 11.9 Å². The molecule has 29 heavy (non-hydrogen) atoms. The van der Waals surface area contributed by atoms with Gasteiger partial charge in [-0.1, -0.05) is 30.3 Å². The Kier molecular flexibility index (Phi) is 6.61. The minimum Gasteiger partial charge on any atom is -0.404 e. The number of nitrogens with one attached hydrogen (secondary N) is 1. The number of aromatic amines is 1. The molecule has 154 valence electrons. The van der Waals surface area contributed by atoms with Gasteiger partial charge in [-0.25, -0.2) is 7.42 Å². The quantitative estimate of drug-likeness (QED) is 0.286. The number of para-hydroxylation sites is 1. The van der Waals surface area contributed by atoms with Crippen LogP contribution in [0.3, 0.4) is 0 Å². The third kappa shape index (κ3) is 4.86. The van der Waals surface area contributed by atoms with Crippen LogP contribution < -0.4 is 4.52 Å². The number of fused-ring (bicyclic) bond motifs is 1. The van der Waals surface area contributed by atoms with Gasteiger partial charge in [0.2, 0.25) is 0 Å². The minimum absolute atomic E-state index is 0.255. The van der Waals surface area contributed by atoms with Crippen molar-refractivity contribution < 1.29 is 16.5 Å². The van der Waals surface area contributed by atoms with Crippen LogP contribution in [0.1, 0.15) is 30.4 Å². The molecule has 0 saturated carbocycles. The molecule has 2 aromatic carbocycles. The molecule has 3 aromatic rings. The standard InChI is InChI=1S/C21H24IN2O4P/c1-2-26-29(25,28-22)27-19-7-5-6-16(12-19)17-10-11-24(14-17)15-18-13-23-21-9-4-3-8-20(18)21/h3-9,12-13,17,23H,2,10-11,14-15H2,1H3. The van der Waals surface area contributed by atoms with Crippen LogP contribution in [0.15, 0.2) is 54.7 Å². The van der Waals surface area contributed by atoms with Crippen molar-refractivity contribution in [3.05, 3.63) is 65.9 Å². The van der Waals surface area contributed by atoms with Crippen LogP contribution in [0.2, 0.25) is 0 Å². The van der Waals surface area contributed by atoms with Crippen molar-refractivity contribution in [1.29, 1.82) is 0 Å². The predicted octanol–water partition coefficient (Wildman–Crippen LogP) is 6.05. The number of hydrogen-bond donors (Lipinski definition) is 1. The molecule has 0 spiro atoms. The van der Waals surface area contributed by atoms with Crippen molar-refractivity contribution in [2.75, 3.05) is 19.7 Å². The summed E-state index contributed by atoms with van der Waals surface area (Å²) in [6, 6.07) is 16.2. The summed E-state index contributed by atoms with van der Waals surface area (Å²) in [5, 5.41) is 1.29. The van der Waals surface area contributed by atoms with E-state index in [1.807, 2.05) is 12.1 Å². The second kappa shape index (κ2) is 9.18. The number of H-pyrrole nitrogens is 1. The maximum absolute atomic E-state index is 12.4. The molecule has 2 atom stereocenters. The molecular weight excluding hydrogens is 502 g/mol. The van der Waals surface area contributed by atoms with Crippen LogP contribution in [-0.4, -0.2) is 29.6 Å². The Morgan fingerprint density at radius 3 is 2.93 bits per heavy atom. The summed E-state index contributed by atoms with van der Waals surface area (Å²) in [5.41, 5.74) is 3.69. The number of benzene rings is 2. The van der Waals surface area contributed by atoms with Crippen LogP contribution in [-0.2, 0) is 18.5 Å². The fraction of sp³-hybridized carbons (Fsp3) is 0.333. The lowest BCUT2D eigenvalue weighted by molar-refractivity contribution is 0.236. The lowest BCUT2D eigenvalue weighted by Crippen LogP contribution is -2.19. The molecule has 8 heteroatoms. The first-order valence-corrected chi connectivity index (χ1v) is 12.1. The Labute approximate surface area is 184 Å². The zero-order chi connectivity index (χ0) is 20.3. The molecule has 0 aliphatic carbocycles. The van der Waals surface area contributed by atoms with E-state index >= 15 is 0 Å². The van der Waals surface area contributed by atoms with Gasteiger partial charge in [0.05, 0.1) is 6.61 Å². The highest BCUT2D eigenvalue weighted by Crippen LogP contribution is 2.51. The Balaban J connectivity index is 1.43. The topological polar surface area (TPSA) is 63.8 Å². The molecule has 2 unspecified atom stereocenters. The number of phosphoric ester groups is 1. The van der Waals surface area contributed by atoms with Crippen LogP contribution in [0.5, 0.6) is 5.75 Å². The zero-order valence-corrected chi connectivity index (χ0v) is 19.3. The molecule has 1 fully saturated rings. The first kappa shape index (κ1) is 20.9. The molecule has 1 aliphatic rings. The first-order valence-electron chi connectivity index (χ1n) is 9.72. The normalized spacial score (nSPS) is 19.4. The SMILES string of the molecule is CCOP(=O)(OI)Oc1cccc(C2CCN(Cc3c[nH]c4ccccc34)C2)c1. The van der Waals surface area contributed by atoms with E-state index in [-0.39, 0.29) is 6.61 Å². The van der Waals surface area contributed by atoms with Gasteiger partial charge in [-0.15, -0.1) is 0 Å². The molecule has 0 bridgehead atoms. The number of halogens is 1. The fourth-order valence-electron chi connectivity index (χ4n) is 3.92. The molecule has 4 rings (SSSR count). The smallest absolute Gasteiger partial charge is 0.404 e. The van der Waals surface area contributed by atoms with E-state index in [0.717, 1.165) is 26.1 Å². The maximum Gasteiger partial charge on any atom is 0.539 e. The van der Waals surface area contributed by atoms with E-state index in [9.17, 15) is 4.57 Å². The van der Waals surface area contributed by atoms with Crippen LogP contribution in [0.25, 0.3) is 10.9 Å². The maximum atomic E-state index is 12.4. The van der Waals surface area contributed by atoms with Crippen LogP contribution >= 0.6 is 30.8 Å². The van der Waals surface area contributed by atoms with Gasteiger partial charge in [-0.05, 0) is 55.1 Å². The highest BCUT2D eigenvalue weighted by molar-refractivity contribution is 14.1. The van der Waals surface area contributed by atoms with E-state index in [2.05, 4.69) is 46.4 Å². The van der Waals surface area contributed by atoms with Gasteiger partial charge in [0, 0.05) is 30.2 Å². The molecule has 0 amide bonds. The molecule has 2 heterocycles. The summed E-state index contributed by atoms with van der Waals surface area (Å²) in [7, 11) is -3.58. The van der Waals surface area contributed by atoms with Crippen molar-refractivity contribution >= 4 is 41.7 Å². The van der Waals surface area contributed by atoms with Crippen LogP contribution in [0.4, 0.5) is 0 Å². The Bertz CT molecular complexity index is 1020. The Morgan fingerprint density at radius 1 is 1.24 bits per heavy atom. The largest absolute Gasteiger partial charge is 0.539 e. The summed E-state index contributed by atoms with van der Waals surface area (Å²) in [6.07, 6.45) is 3.19. The number of rotatable bonds is 8. The summed E-state index contributed by atoms with van der Waals surface area (Å²) in [5.74, 6) is 0.918. The molecular formula is C21H24IN2O4P. The minimum atomic E-state index is -3.58. The van der Waals surface area contributed by atoms with Gasteiger partial charge in [0.25, 0.3) is 0 Å². The first-order chi connectivity index (χ1) is 14.1. The zero-order valence-electron chi connectivity index (χ0n) is 16.2. The number of hydrogen-bond acceptors (Lipinski definition) is 5. The fourth-order valence-corrected chi connectivity index (χ4v) is 5.32. The molecule has 1 N–H and O–H groups in total. The van der Waals surface area contributed by atoms with E-state index in [1.54, 1.807) is 36.0 Å². The van der Waals surface area contributed by atoms with Gasteiger partial charge >= 0.3 is 7.82 Å². The number of nitrogens with zero attached hydrogens (tertiary/aromatic N) is 1. The van der Waals surface area contributed by atoms with Crippen LogP contribution in [0, 0.1) is 0 Å².